The number of hydrogen-bond donors (Lipinski definition) is 0. The first-order chi connectivity index (χ1) is 20.4. The molecule has 0 heterocycles. The summed E-state index contributed by atoms with van der Waals surface area (Å²) in [4.78, 5) is 53.2. The third kappa shape index (κ3) is 15.4. The van der Waals surface area contributed by atoms with Crippen molar-refractivity contribution in [2.45, 2.75) is 143 Å². The first kappa shape index (κ1) is 37.9. The predicted octanol–water partition coefficient (Wildman–Crippen LogP) is 7.74. The van der Waals surface area contributed by atoms with Gasteiger partial charge in [-0.3, -0.25) is 19.2 Å². The van der Waals surface area contributed by atoms with Crippen molar-refractivity contribution >= 4 is 23.9 Å². The van der Waals surface area contributed by atoms with Gasteiger partial charge >= 0.3 is 23.9 Å². The number of carbonyl (C=O) groups excluding carboxylic acids is 4. The molecule has 0 N–H and O–H groups in total. The molecule has 0 aromatic heterocycles. The third-order valence-electron chi connectivity index (χ3n) is 8.17. The second-order valence-corrected chi connectivity index (χ2v) is 11.8. The zero-order valence-electron chi connectivity index (χ0n) is 27.1. The van der Waals surface area contributed by atoms with E-state index in [1.807, 2.05) is 0 Å². The fraction of sp³-hybridized carbons (Fsp3) is 0.882. The van der Waals surface area contributed by atoms with Crippen LogP contribution in [0.4, 0.5) is 0 Å². The first-order valence-corrected chi connectivity index (χ1v) is 17.1. The molecule has 0 amide bonds. The minimum Gasteiger partial charge on any atom is -0.465 e. The van der Waals surface area contributed by atoms with Crippen LogP contribution in [-0.4, -0.2) is 50.3 Å². The highest BCUT2D eigenvalue weighted by atomic mass is 16.5. The molecule has 1 rings (SSSR count). The first-order valence-electron chi connectivity index (χ1n) is 17.1. The Morgan fingerprint density at radius 2 is 0.595 bits per heavy atom. The van der Waals surface area contributed by atoms with E-state index in [1.165, 1.54) is 0 Å². The van der Waals surface area contributed by atoms with E-state index in [9.17, 15) is 19.2 Å². The van der Waals surface area contributed by atoms with E-state index in [0.29, 0.717) is 0 Å². The Kier molecular flexibility index (Phi) is 22.0. The molecule has 0 saturated heterocycles. The van der Waals surface area contributed by atoms with Gasteiger partial charge in [0.2, 0.25) is 0 Å². The average molecular weight is 597 g/mol. The summed E-state index contributed by atoms with van der Waals surface area (Å²) in [7, 11) is 0. The van der Waals surface area contributed by atoms with Crippen LogP contribution in [0.15, 0.2) is 0 Å². The zero-order chi connectivity index (χ0) is 31.0. The van der Waals surface area contributed by atoms with Gasteiger partial charge in [-0.15, -0.1) is 0 Å². The molecule has 8 nitrogen and oxygen atoms in total. The van der Waals surface area contributed by atoms with Gasteiger partial charge in [0.25, 0.3) is 0 Å². The molecule has 4 unspecified atom stereocenters. The summed E-state index contributed by atoms with van der Waals surface area (Å²) in [5.41, 5.74) is 0. The smallest absolute Gasteiger partial charge is 0.309 e. The van der Waals surface area contributed by atoms with Crippen molar-refractivity contribution < 1.29 is 38.1 Å². The average Bonchev–Trinajstić information content (AvgIpc) is 2.99. The zero-order valence-corrected chi connectivity index (χ0v) is 27.1. The van der Waals surface area contributed by atoms with Crippen molar-refractivity contribution in [3.05, 3.63) is 0 Å². The van der Waals surface area contributed by atoms with Crippen LogP contribution in [0.3, 0.4) is 0 Å². The Morgan fingerprint density at radius 1 is 0.381 bits per heavy atom. The molecule has 0 spiro atoms. The number of esters is 4. The highest BCUT2D eigenvalue weighted by Crippen LogP contribution is 2.41. The van der Waals surface area contributed by atoms with Crippen LogP contribution in [0.2, 0.25) is 0 Å². The summed E-state index contributed by atoms with van der Waals surface area (Å²) in [6.45, 7) is 9.52. The number of hydrogen-bond acceptors (Lipinski definition) is 8. The van der Waals surface area contributed by atoms with Crippen LogP contribution in [-0.2, 0) is 38.1 Å². The van der Waals surface area contributed by atoms with Crippen molar-refractivity contribution in [1.82, 2.24) is 0 Å². The van der Waals surface area contributed by atoms with E-state index in [1.54, 1.807) is 0 Å². The van der Waals surface area contributed by atoms with Crippen molar-refractivity contribution in [3.63, 3.8) is 0 Å². The van der Waals surface area contributed by atoms with Crippen molar-refractivity contribution in [1.29, 1.82) is 0 Å². The molecular formula is C34H60O8. The van der Waals surface area contributed by atoms with E-state index in [0.717, 1.165) is 103 Å². The standard InChI is InChI=1S/C34H60O8/c1-5-9-13-17-21-39-31(35)27-25-29(33(37)41-23-19-15-11-7-3)30(34(38)42-24-20-16-12-8-4)26-28(27)32(36)40-22-18-14-10-6-2/h27-30H,5-26H2,1-4H3. The van der Waals surface area contributed by atoms with Crippen LogP contribution in [0.5, 0.6) is 0 Å². The molecule has 0 radical (unpaired) electrons. The van der Waals surface area contributed by atoms with Crippen LogP contribution in [0.1, 0.15) is 143 Å². The molecule has 1 fully saturated rings. The third-order valence-corrected chi connectivity index (χ3v) is 8.17. The number of unbranched alkanes of at least 4 members (excludes halogenated alkanes) is 12. The lowest BCUT2D eigenvalue weighted by Crippen LogP contribution is -2.46. The van der Waals surface area contributed by atoms with Gasteiger partial charge in [0, 0.05) is 0 Å². The fourth-order valence-electron chi connectivity index (χ4n) is 5.48. The van der Waals surface area contributed by atoms with Gasteiger partial charge in [0.15, 0.2) is 0 Å². The highest BCUT2D eigenvalue weighted by molar-refractivity contribution is 5.87. The fourth-order valence-corrected chi connectivity index (χ4v) is 5.48. The van der Waals surface area contributed by atoms with Gasteiger partial charge < -0.3 is 18.9 Å². The van der Waals surface area contributed by atoms with Crippen LogP contribution in [0, 0.1) is 23.7 Å². The minimum atomic E-state index is -0.870. The minimum absolute atomic E-state index is 0.00674. The van der Waals surface area contributed by atoms with Crippen molar-refractivity contribution in [2.24, 2.45) is 23.7 Å². The van der Waals surface area contributed by atoms with Crippen LogP contribution in [0.25, 0.3) is 0 Å². The van der Waals surface area contributed by atoms with Crippen molar-refractivity contribution in [3.8, 4) is 0 Å². The molecule has 0 aromatic rings. The van der Waals surface area contributed by atoms with Gasteiger partial charge in [-0.05, 0) is 38.5 Å². The molecular weight excluding hydrogens is 536 g/mol. The molecule has 42 heavy (non-hydrogen) atoms. The highest BCUT2D eigenvalue weighted by Gasteiger charge is 2.51. The van der Waals surface area contributed by atoms with E-state index in [-0.39, 0.29) is 39.3 Å². The second-order valence-electron chi connectivity index (χ2n) is 11.8. The number of ether oxygens (including phenoxy) is 4. The summed E-state index contributed by atoms with van der Waals surface area (Å²) < 4.78 is 22.4. The Balaban J connectivity index is 3.07. The monoisotopic (exact) mass is 596 g/mol. The number of carbonyl (C=O) groups is 4. The Hall–Kier alpha value is -2.12. The maximum Gasteiger partial charge on any atom is 0.309 e. The molecule has 0 bridgehead atoms. The molecule has 0 aromatic carbocycles. The van der Waals surface area contributed by atoms with Crippen LogP contribution >= 0.6 is 0 Å². The summed E-state index contributed by atoms with van der Waals surface area (Å²) >= 11 is 0. The van der Waals surface area contributed by atoms with Crippen molar-refractivity contribution in [2.75, 3.05) is 26.4 Å². The summed E-state index contributed by atoms with van der Waals surface area (Å²) in [6.07, 6.45) is 15.3. The lowest BCUT2D eigenvalue weighted by molar-refractivity contribution is -0.175. The van der Waals surface area contributed by atoms with Gasteiger partial charge in [-0.1, -0.05) is 105 Å². The van der Waals surface area contributed by atoms with Gasteiger partial charge in [-0.25, -0.2) is 0 Å². The Morgan fingerprint density at radius 3 is 0.786 bits per heavy atom. The predicted molar refractivity (Wildman–Crippen MR) is 164 cm³/mol. The van der Waals surface area contributed by atoms with E-state index < -0.39 is 47.5 Å². The summed E-state index contributed by atoms with van der Waals surface area (Å²) in [5.74, 6) is -5.51. The molecule has 1 aliphatic rings. The lowest BCUT2D eigenvalue weighted by Gasteiger charge is -2.37. The quantitative estimate of drug-likeness (QED) is 0.0633. The Bertz CT molecular complexity index is 630. The van der Waals surface area contributed by atoms with E-state index in [4.69, 9.17) is 18.9 Å². The van der Waals surface area contributed by atoms with E-state index >= 15 is 0 Å². The maximum atomic E-state index is 13.3. The topological polar surface area (TPSA) is 105 Å². The largest absolute Gasteiger partial charge is 0.465 e. The van der Waals surface area contributed by atoms with Crippen LogP contribution < -0.4 is 0 Å². The molecule has 4 atom stereocenters. The lowest BCUT2D eigenvalue weighted by atomic mass is 9.68. The van der Waals surface area contributed by atoms with Gasteiger partial charge in [0.05, 0.1) is 50.1 Å². The summed E-state index contributed by atoms with van der Waals surface area (Å²) in [6, 6.07) is 0. The Labute approximate surface area is 255 Å². The molecule has 8 heteroatoms. The molecule has 1 aliphatic carbocycles. The molecule has 244 valence electrons. The second kappa shape index (κ2) is 24.3. The van der Waals surface area contributed by atoms with Gasteiger partial charge in [-0.2, -0.15) is 0 Å². The SMILES string of the molecule is CCCCCCOC(=O)C1CC(C(=O)OCCCCCC)C(C(=O)OCCCCCC)CC1C(=O)OCCCCCC. The van der Waals surface area contributed by atoms with E-state index in [2.05, 4.69) is 27.7 Å². The molecule has 0 aliphatic heterocycles. The number of rotatable bonds is 24. The van der Waals surface area contributed by atoms with Gasteiger partial charge in [0.1, 0.15) is 0 Å². The summed E-state index contributed by atoms with van der Waals surface area (Å²) in [5, 5.41) is 0. The molecule has 1 saturated carbocycles. The normalized spacial score (nSPS) is 20.1. The maximum absolute atomic E-state index is 13.3.